The highest BCUT2D eigenvalue weighted by atomic mass is 79.9. The summed E-state index contributed by atoms with van der Waals surface area (Å²) >= 11 is 3.46. The zero-order chi connectivity index (χ0) is 13.3. The summed E-state index contributed by atoms with van der Waals surface area (Å²) in [7, 11) is 0. The number of benzene rings is 1. The first kappa shape index (κ1) is 13.2. The van der Waals surface area contributed by atoms with Crippen molar-refractivity contribution in [1.82, 2.24) is 9.78 Å². The van der Waals surface area contributed by atoms with Crippen LogP contribution in [0.15, 0.2) is 28.9 Å². The molecule has 3 nitrogen and oxygen atoms in total. The molecular formula is C13H15BrFN3. The molecule has 1 atom stereocenters. The van der Waals surface area contributed by atoms with Crippen molar-refractivity contribution in [1.29, 1.82) is 0 Å². The Morgan fingerprint density at radius 1 is 1.50 bits per heavy atom. The monoisotopic (exact) mass is 311 g/mol. The Morgan fingerprint density at radius 2 is 2.22 bits per heavy atom. The molecule has 0 saturated heterocycles. The Bertz CT molecular complexity index is 565. The third kappa shape index (κ3) is 2.33. The molecule has 96 valence electrons. The predicted molar refractivity (Wildman–Crippen MR) is 72.8 cm³/mol. The molecule has 1 unspecified atom stereocenters. The molecule has 2 rings (SSSR count). The second-order valence-electron chi connectivity index (χ2n) is 4.17. The van der Waals surface area contributed by atoms with E-state index in [0.717, 1.165) is 27.8 Å². The minimum Gasteiger partial charge on any atom is -0.319 e. The first-order valence-electron chi connectivity index (χ1n) is 5.77. The van der Waals surface area contributed by atoms with Gasteiger partial charge in [0.2, 0.25) is 0 Å². The average molecular weight is 312 g/mol. The van der Waals surface area contributed by atoms with Gasteiger partial charge in [0.25, 0.3) is 0 Å². The van der Waals surface area contributed by atoms with E-state index in [1.807, 2.05) is 18.5 Å². The zero-order valence-electron chi connectivity index (χ0n) is 10.3. The molecule has 0 saturated carbocycles. The second-order valence-corrected chi connectivity index (χ2v) is 5.03. The van der Waals surface area contributed by atoms with Crippen LogP contribution in [0.4, 0.5) is 4.39 Å². The van der Waals surface area contributed by atoms with Gasteiger partial charge in [-0.1, -0.05) is 6.07 Å². The van der Waals surface area contributed by atoms with Crippen LogP contribution in [0.2, 0.25) is 0 Å². The molecule has 0 radical (unpaired) electrons. The van der Waals surface area contributed by atoms with Gasteiger partial charge in [-0.05, 0) is 53.0 Å². The van der Waals surface area contributed by atoms with E-state index in [2.05, 4.69) is 21.0 Å². The van der Waals surface area contributed by atoms with Crippen molar-refractivity contribution in [2.45, 2.75) is 26.4 Å². The zero-order valence-corrected chi connectivity index (χ0v) is 11.9. The van der Waals surface area contributed by atoms with E-state index >= 15 is 0 Å². The topological polar surface area (TPSA) is 43.8 Å². The lowest BCUT2D eigenvalue weighted by Crippen LogP contribution is -2.18. The minimum absolute atomic E-state index is 0.244. The van der Waals surface area contributed by atoms with Gasteiger partial charge < -0.3 is 5.73 Å². The van der Waals surface area contributed by atoms with Gasteiger partial charge in [-0.25, -0.2) is 4.39 Å². The minimum atomic E-state index is -0.317. The number of aromatic nitrogens is 2. The Hall–Kier alpha value is -1.20. The van der Waals surface area contributed by atoms with Crippen LogP contribution in [0.5, 0.6) is 0 Å². The molecule has 2 N–H and O–H groups in total. The Balaban J connectivity index is 2.47. The molecule has 2 aromatic rings. The highest BCUT2D eigenvalue weighted by molar-refractivity contribution is 9.10. The first-order chi connectivity index (χ1) is 8.54. The molecule has 0 aliphatic carbocycles. The number of nitrogens with zero attached hydrogens (tertiary/aromatic N) is 2. The van der Waals surface area contributed by atoms with Crippen molar-refractivity contribution >= 4 is 15.9 Å². The second kappa shape index (κ2) is 5.20. The van der Waals surface area contributed by atoms with E-state index in [9.17, 15) is 4.39 Å². The highest BCUT2D eigenvalue weighted by Gasteiger charge is 2.19. The summed E-state index contributed by atoms with van der Waals surface area (Å²) in [6.45, 7) is 4.61. The highest BCUT2D eigenvalue weighted by Crippen LogP contribution is 2.28. The number of halogens is 2. The number of nitrogens with two attached hydrogens (primary N) is 1. The van der Waals surface area contributed by atoms with Crippen molar-refractivity contribution in [2.24, 2.45) is 5.73 Å². The van der Waals surface area contributed by atoms with Crippen molar-refractivity contribution in [2.75, 3.05) is 0 Å². The molecule has 0 aliphatic heterocycles. The van der Waals surface area contributed by atoms with E-state index in [1.165, 1.54) is 12.1 Å². The van der Waals surface area contributed by atoms with Gasteiger partial charge in [0.15, 0.2) is 0 Å². The molecule has 1 aromatic heterocycles. The lowest BCUT2D eigenvalue weighted by atomic mass is 9.99. The van der Waals surface area contributed by atoms with E-state index in [-0.39, 0.29) is 11.9 Å². The van der Waals surface area contributed by atoms with E-state index in [4.69, 9.17) is 5.73 Å². The van der Waals surface area contributed by atoms with Crippen molar-refractivity contribution in [3.63, 3.8) is 0 Å². The molecule has 1 heterocycles. The number of hydrogen-bond acceptors (Lipinski definition) is 2. The van der Waals surface area contributed by atoms with Gasteiger partial charge >= 0.3 is 0 Å². The van der Waals surface area contributed by atoms with Crippen molar-refractivity contribution in [3.05, 3.63) is 51.5 Å². The van der Waals surface area contributed by atoms with Crippen LogP contribution in [-0.2, 0) is 6.54 Å². The predicted octanol–water partition coefficient (Wildman–Crippen LogP) is 3.16. The van der Waals surface area contributed by atoms with Crippen LogP contribution in [0.25, 0.3) is 0 Å². The van der Waals surface area contributed by atoms with Gasteiger partial charge in [-0.15, -0.1) is 0 Å². The fourth-order valence-corrected chi connectivity index (χ4v) is 2.61. The standard InChI is InChI=1S/C13H15BrFN3/c1-3-18-13(11(14)7-17-18)12(16)10-5-4-9(15)6-8(10)2/h4-7,12H,3,16H2,1-2H3. The fourth-order valence-electron chi connectivity index (χ4n) is 2.07. The van der Waals surface area contributed by atoms with Crippen LogP contribution in [0, 0.1) is 12.7 Å². The summed E-state index contributed by atoms with van der Waals surface area (Å²) in [6.07, 6.45) is 1.73. The Labute approximate surface area is 114 Å². The fraction of sp³-hybridized carbons (Fsp3) is 0.308. The normalized spacial score (nSPS) is 12.7. The van der Waals surface area contributed by atoms with Gasteiger partial charge in [-0.2, -0.15) is 5.10 Å². The summed E-state index contributed by atoms with van der Waals surface area (Å²) in [6, 6.07) is 4.34. The maximum atomic E-state index is 13.1. The molecule has 1 aromatic carbocycles. The molecule has 0 aliphatic rings. The maximum Gasteiger partial charge on any atom is 0.123 e. The summed E-state index contributed by atoms with van der Waals surface area (Å²) in [5.74, 6) is -0.244. The molecule has 18 heavy (non-hydrogen) atoms. The van der Waals surface area contributed by atoms with Crippen LogP contribution < -0.4 is 5.73 Å². The number of rotatable bonds is 3. The molecule has 5 heteroatoms. The summed E-state index contributed by atoms with van der Waals surface area (Å²) < 4.78 is 15.8. The van der Waals surface area contributed by atoms with E-state index < -0.39 is 0 Å². The number of hydrogen-bond donors (Lipinski definition) is 1. The molecule has 0 spiro atoms. The van der Waals surface area contributed by atoms with Gasteiger partial charge in [0, 0.05) is 6.54 Å². The maximum absolute atomic E-state index is 13.1. The SMILES string of the molecule is CCn1ncc(Br)c1C(N)c1ccc(F)cc1C. The van der Waals surface area contributed by atoms with Crippen LogP contribution in [0.3, 0.4) is 0 Å². The largest absolute Gasteiger partial charge is 0.319 e. The van der Waals surface area contributed by atoms with Crippen LogP contribution in [-0.4, -0.2) is 9.78 Å². The van der Waals surface area contributed by atoms with Crippen molar-refractivity contribution in [3.8, 4) is 0 Å². The summed E-state index contributed by atoms with van der Waals surface area (Å²) in [5.41, 5.74) is 8.94. The lowest BCUT2D eigenvalue weighted by Gasteiger charge is -2.17. The molecular weight excluding hydrogens is 297 g/mol. The third-order valence-electron chi connectivity index (χ3n) is 2.99. The van der Waals surface area contributed by atoms with E-state index in [0.29, 0.717) is 0 Å². The summed E-state index contributed by atoms with van der Waals surface area (Å²) in [4.78, 5) is 0. The quantitative estimate of drug-likeness (QED) is 0.946. The van der Waals surface area contributed by atoms with E-state index in [1.54, 1.807) is 12.3 Å². The third-order valence-corrected chi connectivity index (χ3v) is 3.61. The Morgan fingerprint density at radius 3 is 2.83 bits per heavy atom. The van der Waals surface area contributed by atoms with Crippen LogP contribution >= 0.6 is 15.9 Å². The molecule has 0 fully saturated rings. The van der Waals surface area contributed by atoms with Gasteiger partial charge in [-0.3, -0.25) is 4.68 Å². The number of aryl methyl sites for hydroxylation is 2. The average Bonchev–Trinajstić information content (AvgIpc) is 2.69. The first-order valence-corrected chi connectivity index (χ1v) is 6.56. The van der Waals surface area contributed by atoms with Gasteiger partial charge in [0.1, 0.15) is 5.82 Å². The van der Waals surface area contributed by atoms with Crippen molar-refractivity contribution < 1.29 is 4.39 Å². The molecule has 0 amide bonds. The molecule has 0 bridgehead atoms. The van der Waals surface area contributed by atoms with Crippen LogP contribution in [0.1, 0.15) is 29.8 Å². The Kier molecular flexibility index (Phi) is 3.82. The smallest absolute Gasteiger partial charge is 0.123 e. The van der Waals surface area contributed by atoms with Gasteiger partial charge in [0.05, 0.1) is 22.4 Å². The summed E-state index contributed by atoms with van der Waals surface area (Å²) in [5, 5.41) is 4.24. The lowest BCUT2D eigenvalue weighted by molar-refractivity contribution is 0.596.